The average molecular weight is 329 g/mol. The quantitative estimate of drug-likeness (QED) is 0.855. The van der Waals surface area contributed by atoms with Crippen LogP contribution in [0, 0.1) is 0 Å². The van der Waals surface area contributed by atoms with Crippen molar-refractivity contribution in [1.29, 1.82) is 0 Å². The number of piperazine rings is 1. The van der Waals surface area contributed by atoms with Gasteiger partial charge in [-0.1, -0.05) is 30.1 Å². The van der Waals surface area contributed by atoms with Crippen molar-refractivity contribution in [1.82, 2.24) is 9.80 Å². The molecular formula is C15H18Cl2N2O2. The van der Waals surface area contributed by atoms with Crippen molar-refractivity contribution in [2.24, 2.45) is 0 Å². The topological polar surface area (TPSA) is 40.6 Å². The van der Waals surface area contributed by atoms with E-state index in [-0.39, 0.29) is 11.8 Å². The first kappa shape index (κ1) is 16.1. The van der Waals surface area contributed by atoms with E-state index in [1.54, 1.807) is 23.1 Å². The monoisotopic (exact) mass is 328 g/mol. The van der Waals surface area contributed by atoms with Crippen LogP contribution in [0.1, 0.15) is 30.1 Å². The number of benzene rings is 1. The Hall–Kier alpha value is -1.26. The number of amides is 2. The van der Waals surface area contributed by atoms with Gasteiger partial charge in [-0.15, -0.1) is 0 Å². The van der Waals surface area contributed by atoms with Gasteiger partial charge in [0, 0.05) is 48.2 Å². The summed E-state index contributed by atoms with van der Waals surface area (Å²) < 4.78 is 0. The number of carbonyl (C=O) groups excluding carboxylic acids is 2. The molecule has 6 heteroatoms. The highest BCUT2D eigenvalue weighted by Crippen LogP contribution is 2.20. The van der Waals surface area contributed by atoms with Crippen LogP contribution < -0.4 is 0 Å². The maximum atomic E-state index is 12.4. The Labute approximate surface area is 134 Å². The predicted octanol–water partition coefficient (Wildman–Crippen LogP) is 3.08. The lowest BCUT2D eigenvalue weighted by Gasteiger charge is -2.35. The highest BCUT2D eigenvalue weighted by atomic mass is 35.5. The minimum Gasteiger partial charge on any atom is -0.339 e. The van der Waals surface area contributed by atoms with Crippen LogP contribution in [0.3, 0.4) is 0 Å². The Balaban J connectivity index is 1.98. The third-order valence-corrected chi connectivity index (χ3v) is 3.93. The summed E-state index contributed by atoms with van der Waals surface area (Å²) >= 11 is 11.8. The lowest BCUT2D eigenvalue weighted by atomic mass is 10.1. The molecule has 0 aliphatic carbocycles. The molecule has 0 saturated carbocycles. The molecule has 0 radical (unpaired) electrons. The van der Waals surface area contributed by atoms with Crippen LogP contribution in [0.15, 0.2) is 18.2 Å². The van der Waals surface area contributed by atoms with Crippen LogP contribution in [0.4, 0.5) is 0 Å². The Bertz CT molecular complexity index is 520. The molecule has 1 saturated heterocycles. The fourth-order valence-corrected chi connectivity index (χ4v) is 2.92. The van der Waals surface area contributed by atoms with Crippen molar-refractivity contribution in [2.45, 2.75) is 19.8 Å². The van der Waals surface area contributed by atoms with Crippen LogP contribution in [0.5, 0.6) is 0 Å². The second-order valence-corrected chi connectivity index (χ2v) is 5.95. The van der Waals surface area contributed by atoms with Crippen molar-refractivity contribution >= 4 is 35.0 Å². The van der Waals surface area contributed by atoms with E-state index in [0.717, 1.165) is 6.42 Å². The van der Waals surface area contributed by atoms with Crippen molar-refractivity contribution in [3.63, 3.8) is 0 Å². The van der Waals surface area contributed by atoms with Crippen LogP contribution in [0.2, 0.25) is 10.0 Å². The van der Waals surface area contributed by atoms with E-state index < -0.39 is 0 Å². The Kier molecular flexibility index (Phi) is 5.48. The third-order valence-electron chi connectivity index (χ3n) is 3.49. The second kappa shape index (κ2) is 7.14. The summed E-state index contributed by atoms with van der Waals surface area (Å²) in [5.41, 5.74) is 0.487. The van der Waals surface area contributed by atoms with E-state index in [1.165, 1.54) is 0 Å². The van der Waals surface area contributed by atoms with Crippen molar-refractivity contribution < 1.29 is 9.59 Å². The van der Waals surface area contributed by atoms with E-state index in [9.17, 15) is 9.59 Å². The molecule has 1 heterocycles. The van der Waals surface area contributed by atoms with E-state index in [2.05, 4.69) is 0 Å². The number of rotatable bonds is 3. The first-order valence-corrected chi connectivity index (χ1v) is 7.80. The standard InChI is InChI=1S/C15H18Cl2N2O2/c1-2-3-14(20)18-4-6-19(7-5-18)15(21)11-8-12(16)10-13(17)9-11/h8-10H,2-7H2,1H3. The number of halogens is 2. The van der Waals surface area contributed by atoms with E-state index in [0.29, 0.717) is 48.2 Å². The smallest absolute Gasteiger partial charge is 0.254 e. The number of nitrogens with zero attached hydrogens (tertiary/aromatic N) is 2. The van der Waals surface area contributed by atoms with Crippen molar-refractivity contribution in [3.05, 3.63) is 33.8 Å². The van der Waals surface area contributed by atoms with Gasteiger partial charge in [-0.25, -0.2) is 0 Å². The summed E-state index contributed by atoms with van der Waals surface area (Å²) in [6, 6.07) is 4.83. The fourth-order valence-electron chi connectivity index (χ4n) is 2.39. The van der Waals surface area contributed by atoms with Gasteiger partial charge in [0.15, 0.2) is 0 Å². The van der Waals surface area contributed by atoms with E-state index >= 15 is 0 Å². The molecule has 1 aliphatic heterocycles. The zero-order valence-electron chi connectivity index (χ0n) is 11.9. The van der Waals surface area contributed by atoms with Gasteiger partial charge in [0.2, 0.25) is 5.91 Å². The van der Waals surface area contributed by atoms with Gasteiger partial charge in [-0.05, 0) is 24.6 Å². The summed E-state index contributed by atoms with van der Waals surface area (Å²) in [4.78, 5) is 27.8. The Morgan fingerprint density at radius 1 is 1.00 bits per heavy atom. The van der Waals surface area contributed by atoms with Gasteiger partial charge in [0.25, 0.3) is 5.91 Å². The van der Waals surface area contributed by atoms with Crippen LogP contribution >= 0.6 is 23.2 Å². The van der Waals surface area contributed by atoms with Gasteiger partial charge >= 0.3 is 0 Å². The normalized spacial score (nSPS) is 15.2. The van der Waals surface area contributed by atoms with Crippen LogP contribution in [-0.4, -0.2) is 47.8 Å². The maximum absolute atomic E-state index is 12.4. The molecule has 114 valence electrons. The number of carbonyl (C=O) groups is 2. The molecule has 0 N–H and O–H groups in total. The summed E-state index contributed by atoms with van der Waals surface area (Å²) in [5, 5.41) is 0.894. The molecule has 21 heavy (non-hydrogen) atoms. The van der Waals surface area contributed by atoms with Crippen molar-refractivity contribution in [2.75, 3.05) is 26.2 Å². The molecule has 1 aromatic rings. The molecule has 0 atom stereocenters. The first-order chi connectivity index (χ1) is 10.0. The molecule has 1 aromatic carbocycles. The molecule has 1 fully saturated rings. The summed E-state index contributed by atoms with van der Waals surface area (Å²) in [6.07, 6.45) is 1.41. The lowest BCUT2D eigenvalue weighted by Crippen LogP contribution is -2.50. The van der Waals surface area contributed by atoms with Gasteiger partial charge in [0.05, 0.1) is 0 Å². The zero-order valence-corrected chi connectivity index (χ0v) is 13.5. The maximum Gasteiger partial charge on any atom is 0.254 e. The third kappa shape index (κ3) is 4.11. The van der Waals surface area contributed by atoms with E-state index in [4.69, 9.17) is 23.2 Å². The highest BCUT2D eigenvalue weighted by molar-refractivity contribution is 6.35. The summed E-state index contributed by atoms with van der Waals surface area (Å²) in [6.45, 7) is 4.23. The summed E-state index contributed by atoms with van der Waals surface area (Å²) in [5.74, 6) is 0.0670. The minimum atomic E-state index is -0.0954. The molecule has 4 nitrogen and oxygen atoms in total. The van der Waals surface area contributed by atoms with Crippen molar-refractivity contribution in [3.8, 4) is 0 Å². The average Bonchev–Trinajstić information content (AvgIpc) is 2.46. The molecule has 2 rings (SSSR count). The van der Waals surface area contributed by atoms with Gasteiger partial charge < -0.3 is 9.80 Å². The predicted molar refractivity (Wildman–Crippen MR) is 83.9 cm³/mol. The second-order valence-electron chi connectivity index (χ2n) is 5.08. The largest absolute Gasteiger partial charge is 0.339 e. The van der Waals surface area contributed by atoms with E-state index in [1.807, 2.05) is 11.8 Å². The molecule has 0 spiro atoms. The molecule has 0 unspecified atom stereocenters. The van der Waals surface area contributed by atoms with Gasteiger partial charge in [-0.3, -0.25) is 9.59 Å². The zero-order chi connectivity index (χ0) is 15.4. The molecule has 2 amide bonds. The highest BCUT2D eigenvalue weighted by Gasteiger charge is 2.24. The number of hydrogen-bond acceptors (Lipinski definition) is 2. The van der Waals surface area contributed by atoms with Crippen LogP contribution in [0.25, 0.3) is 0 Å². The molecule has 0 bridgehead atoms. The van der Waals surface area contributed by atoms with Gasteiger partial charge in [-0.2, -0.15) is 0 Å². The fraction of sp³-hybridized carbons (Fsp3) is 0.467. The molecule has 1 aliphatic rings. The molecule has 0 aromatic heterocycles. The van der Waals surface area contributed by atoms with Gasteiger partial charge in [0.1, 0.15) is 0 Å². The lowest BCUT2D eigenvalue weighted by molar-refractivity contribution is -0.132. The summed E-state index contributed by atoms with van der Waals surface area (Å²) in [7, 11) is 0. The Morgan fingerprint density at radius 3 is 2.05 bits per heavy atom. The Morgan fingerprint density at radius 2 is 1.52 bits per heavy atom. The first-order valence-electron chi connectivity index (χ1n) is 7.04. The minimum absolute atomic E-state index is 0.0954. The van der Waals surface area contributed by atoms with Crippen LogP contribution in [-0.2, 0) is 4.79 Å². The molecular weight excluding hydrogens is 311 g/mol. The SMILES string of the molecule is CCCC(=O)N1CCN(C(=O)c2cc(Cl)cc(Cl)c2)CC1. The number of hydrogen-bond donors (Lipinski definition) is 0.